The first-order chi connectivity index (χ1) is 18.3. The molecule has 1 amide bonds. The average molecular weight is 578 g/mol. The molecule has 2 saturated heterocycles. The van der Waals surface area contributed by atoms with Crippen molar-refractivity contribution < 1.29 is 35.9 Å². The lowest BCUT2D eigenvalue weighted by Crippen LogP contribution is -2.63. The van der Waals surface area contributed by atoms with Gasteiger partial charge in [-0.15, -0.1) is 0 Å². The van der Waals surface area contributed by atoms with Crippen LogP contribution in [0.1, 0.15) is 11.1 Å². The first-order valence-corrected chi connectivity index (χ1v) is 14.8. The molecular weight excluding hydrogens is 552 g/mol. The normalized spacial score (nSPS) is 20.9. The minimum Gasteiger partial charge on any atom is -0.487 e. The third-order valence-electron chi connectivity index (χ3n) is 7.04. The maximum absolute atomic E-state index is 13.3. The first kappa shape index (κ1) is 27.2. The Kier molecular flexibility index (Phi) is 6.98. The number of aromatic amines is 1. The molecule has 0 unspecified atom stereocenters. The number of pyridine rings is 1. The number of rotatable bonds is 5. The summed E-state index contributed by atoms with van der Waals surface area (Å²) >= 11 is 0. The van der Waals surface area contributed by atoms with Gasteiger partial charge in [0.15, 0.2) is 11.6 Å². The molecule has 2 aromatic rings. The molecule has 0 spiro atoms. The molecule has 0 radical (unpaired) electrons. The molecule has 0 aliphatic carbocycles. The molecule has 5 heterocycles. The van der Waals surface area contributed by atoms with Gasteiger partial charge >= 0.3 is 12.4 Å². The van der Waals surface area contributed by atoms with Crippen molar-refractivity contribution in [2.45, 2.75) is 24.9 Å². The molecule has 17 heteroatoms. The molecule has 10 nitrogen and oxygen atoms in total. The largest absolute Gasteiger partial charge is 0.487 e. The summed E-state index contributed by atoms with van der Waals surface area (Å²) in [7, 11) is -1.98. The number of H-pyrrole nitrogens is 1. The Balaban J connectivity index is 1.13. The number of likely N-dealkylation sites (tertiary alicyclic amines) is 1. The number of amides is 1. The van der Waals surface area contributed by atoms with Gasteiger partial charge in [-0.25, -0.2) is 10.1 Å². The number of hydrogen-bond acceptors (Lipinski definition) is 8. The number of nitrogens with zero attached hydrogens (tertiary/aromatic N) is 5. The van der Waals surface area contributed by atoms with Crippen molar-refractivity contribution in [2.75, 3.05) is 55.4 Å². The summed E-state index contributed by atoms with van der Waals surface area (Å²) in [5.41, 5.74) is -3.85. The van der Waals surface area contributed by atoms with E-state index < -0.39 is 38.0 Å². The van der Waals surface area contributed by atoms with Crippen LogP contribution in [0.2, 0.25) is 6.55 Å². The van der Waals surface area contributed by atoms with Gasteiger partial charge in [-0.2, -0.15) is 31.4 Å². The van der Waals surface area contributed by atoms with E-state index in [4.69, 9.17) is 4.74 Å². The zero-order valence-corrected chi connectivity index (χ0v) is 21.8. The monoisotopic (exact) mass is 577 g/mol. The van der Waals surface area contributed by atoms with Gasteiger partial charge in [0.05, 0.1) is 29.4 Å². The van der Waals surface area contributed by atoms with Gasteiger partial charge in [0.2, 0.25) is 5.91 Å². The predicted octanol–water partition coefficient (Wildman–Crippen LogP) is 1.55. The van der Waals surface area contributed by atoms with E-state index >= 15 is 0 Å². The van der Waals surface area contributed by atoms with E-state index in [1.807, 2.05) is 16.3 Å². The molecule has 0 saturated carbocycles. The standard InChI is InChI=1S/C22H25F6N7O3Si/c1-39(32-15-6-30-31-19(36)17(15)22(26,27)28)11-33-7-12(8-33)20(37)34-2-3-35-14(9-34)10-38-16-4-13(21(23,24)25)5-29-18(16)35/h4-6,12,14,39H,2-3,7-11H2,1H3,(H2,31,32,36)/t14-,39-/m0/s1. The number of halogens is 6. The summed E-state index contributed by atoms with van der Waals surface area (Å²) in [6.45, 7) is 4.00. The van der Waals surface area contributed by atoms with Crippen LogP contribution in [-0.2, 0) is 17.1 Å². The third-order valence-corrected chi connectivity index (χ3v) is 8.91. The Hall–Kier alpha value is -3.34. The second-order valence-electron chi connectivity index (χ2n) is 9.93. The summed E-state index contributed by atoms with van der Waals surface area (Å²) < 4.78 is 84.4. The number of alkyl halides is 6. The van der Waals surface area contributed by atoms with Crippen LogP contribution in [0.5, 0.6) is 5.75 Å². The topological polar surface area (TPSA) is 107 Å². The van der Waals surface area contributed by atoms with Gasteiger partial charge in [0, 0.05) is 45.1 Å². The molecule has 39 heavy (non-hydrogen) atoms. The van der Waals surface area contributed by atoms with Gasteiger partial charge in [-0.1, -0.05) is 6.55 Å². The number of carbonyl (C=O) groups excluding carboxylic acids is 1. The van der Waals surface area contributed by atoms with E-state index in [2.05, 4.69) is 15.1 Å². The molecule has 2 aromatic heterocycles. The second kappa shape index (κ2) is 10.00. The zero-order chi connectivity index (χ0) is 28.1. The Bertz CT molecular complexity index is 1300. The fourth-order valence-electron chi connectivity index (χ4n) is 5.20. The van der Waals surface area contributed by atoms with E-state index in [0.29, 0.717) is 44.7 Å². The van der Waals surface area contributed by atoms with Crippen LogP contribution in [0.4, 0.5) is 37.8 Å². The number of anilines is 2. The highest BCUT2D eigenvalue weighted by Crippen LogP contribution is 2.38. The molecule has 2 N–H and O–H groups in total. The highest BCUT2D eigenvalue weighted by Gasteiger charge is 2.42. The fourth-order valence-corrected chi connectivity index (χ4v) is 7.11. The number of fused-ring (bicyclic) bond motifs is 3. The van der Waals surface area contributed by atoms with Gasteiger partial charge < -0.3 is 24.4 Å². The summed E-state index contributed by atoms with van der Waals surface area (Å²) in [6, 6.07) is 0.701. The molecule has 5 rings (SSSR count). The maximum atomic E-state index is 13.3. The molecule has 2 atom stereocenters. The summed E-state index contributed by atoms with van der Waals surface area (Å²) in [5, 5.41) is 5.27. The van der Waals surface area contributed by atoms with Crippen LogP contribution in [0, 0.1) is 5.92 Å². The van der Waals surface area contributed by atoms with Gasteiger partial charge in [0.1, 0.15) is 21.1 Å². The van der Waals surface area contributed by atoms with Crippen LogP contribution in [0.3, 0.4) is 0 Å². The number of piperazine rings is 1. The lowest BCUT2D eigenvalue weighted by atomic mass is 9.98. The Morgan fingerprint density at radius 3 is 2.59 bits per heavy atom. The van der Waals surface area contributed by atoms with Crippen molar-refractivity contribution in [3.63, 3.8) is 0 Å². The fraction of sp³-hybridized carbons (Fsp3) is 0.545. The van der Waals surface area contributed by atoms with Crippen molar-refractivity contribution in [2.24, 2.45) is 5.92 Å². The number of ether oxygens (including phenoxy) is 1. The summed E-state index contributed by atoms with van der Waals surface area (Å²) in [4.78, 5) is 37.1. The third kappa shape index (κ3) is 5.54. The van der Waals surface area contributed by atoms with Gasteiger partial charge in [-0.3, -0.25) is 9.59 Å². The van der Waals surface area contributed by atoms with Crippen LogP contribution in [-0.4, -0.2) is 91.4 Å². The lowest BCUT2D eigenvalue weighted by Gasteiger charge is -2.47. The Morgan fingerprint density at radius 2 is 1.90 bits per heavy atom. The molecule has 3 aliphatic heterocycles. The highest BCUT2D eigenvalue weighted by molar-refractivity contribution is 6.61. The molecule has 3 aliphatic rings. The van der Waals surface area contributed by atoms with Crippen molar-refractivity contribution in [1.82, 2.24) is 25.0 Å². The SMILES string of the molecule is C[Si@@H](CN1CC(C(=O)N2CCN3c4ncc(C(F)(F)F)cc4OC[C@@H]3C2)C1)Nc1cn[nH]c(=O)c1C(F)(F)F. The number of aromatic nitrogens is 3. The van der Waals surface area contributed by atoms with Gasteiger partial charge in [-0.05, 0) is 6.07 Å². The van der Waals surface area contributed by atoms with Crippen LogP contribution >= 0.6 is 0 Å². The van der Waals surface area contributed by atoms with Gasteiger partial charge in [0.25, 0.3) is 5.56 Å². The first-order valence-electron chi connectivity index (χ1n) is 12.2. The second-order valence-corrected chi connectivity index (χ2v) is 12.4. The quantitative estimate of drug-likeness (QED) is 0.408. The van der Waals surface area contributed by atoms with E-state index in [-0.39, 0.29) is 35.9 Å². The Morgan fingerprint density at radius 1 is 1.15 bits per heavy atom. The number of nitrogens with one attached hydrogen (secondary N) is 2. The zero-order valence-electron chi connectivity index (χ0n) is 20.6. The summed E-state index contributed by atoms with van der Waals surface area (Å²) in [5.74, 6) is 0.101. The molecule has 0 aromatic carbocycles. The van der Waals surface area contributed by atoms with Crippen molar-refractivity contribution >= 4 is 26.4 Å². The van der Waals surface area contributed by atoms with E-state index in [0.717, 1.165) is 18.5 Å². The minimum atomic E-state index is -4.82. The Labute approximate surface area is 219 Å². The smallest absolute Gasteiger partial charge is 0.423 e. The molecule has 0 bridgehead atoms. The molecule has 2 fully saturated rings. The number of hydrogen-bond donors (Lipinski definition) is 2. The summed E-state index contributed by atoms with van der Waals surface area (Å²) in [6.07, 6.45) is -7.13. The van der Waals surface area contributed by atoms with E-state index in [1.165, 1.54) is 0 Å². The maximum Gasteiger partial charge on any atom is 0.423 e. The van der Waals surface area contributed by atoms with E-state index in [1.54, 1.807) is 10.00 Å². The molecule has 212 valence electrons. The van der Waals surface area contributed by atoms with Crippen molar-refractivity contribution in [1.29, 1.82) is 0 Å². The number of carbonyl (C=O) groups is 1. The van der Waals surface area contributed by atoms with Crippen molar-refractivity contribution in [3.05, 3.63) is 39.9 Å². The van der Waals surface area contributed by atoms with Crippen LogP contribution in [0.15, 0.2) is 23.3 Å². The lowest BCUT2D eigenvalue weighted by molar-refractivity contribution is -0.142. The van der Waals surface area contributed by atoms with Crippen LogP contribution in [0.25, 0.3) is 0 Å². The van der Waals surface area contributed by atoms with Crippen LogP contribution < -0.4 is 20.2 Å². The van der Waals surface area contributed by atoms with Crippen molar-refractivity contribution in [3.8, 4) is 5.75 Å². The average Bonchev–Trinajstić information content (AvgIpc) is 2.83. The minimum absolute atomic E-state index is 0.0440. The predicted molar refractivity (Wildman–Crippen MR) is 129 cm³/mol. The molecular formula is C22H25F6N7O3Si. The highest BCUT2D eigenvalue weighted by atomic mass is 28.3. The van der Waals surface area contributed by atoms with E-state index in [9.17, 15) is 35.9 Å².